The van der Waals surface area contributed by atoms with Gasteiger partial charge in [-0.15, -0.1) is 0 Å². The molecular formula is C23H22N2O6. The molecule has 0 aliphatic rings. The minimum atomic E-state index is -1.13. The normalized spacial score (nSPS) is 11.6. The number of ether oxygens (including phenoxy) is 1. The Morgan fingerprint density at radius 2 is 1.77 bits per heavy atom. The number of furan rings is 1. The Bertz CT molecular complexity index is 1110. The Hall–Kier alpha value is -3.94. The van der Waals surface area contributed by atoms with E-state index >= 15 is 0 Å². The summed E-state index contributed by atoms with van der Waals surface area (Å²) in [7, 11) is 0. The number of ketones is 2. The lowest BCUT2D eigenvalue weighted by Gasteiger charge is -2.17. The number of Topliss-reactive ketones (excluding diaryl/α,β-unsaturated/α-hetero) is 2. The summed E-state index contributed by atoms with van der Waals surface area (Å²) in [6, 6.07) is 10.4. The summed E-state index contributed by atoms with van der Waals surface area (Å²) >= 11 is 0. The lowest BCUT2D eigenvalue weighted by Crippen LogP contribution is -2.35. The van der Waals surface area contributed by atoms with Crippen LogP contribution in [0.2, 0.25) is 0 Å². The number of amides is 1. The van der Waals surface area contributed by atoms with Crippen LogP contribution in [-0.2, 0) is 9.53 Å². The SMILES string of the molecule is CC(=O)c1c(C)[nH]c(C(=O)COC(=O)[C@@H](NC(=O)c2ccco2)c2ccccc2)c1C. The number of carbonyl (C=O) groups is 4. The summed E-state index contributed by atoms with van der Waals surface area (Å²) in [4.78, 5) is 52.4. The number of carbonyl (C=O) groups excluding carboxylic acids is 4. The van der Waals surface area contributed by atoms with Crippen LogP contribution in [0.25, 0.3) is 0 Å². The van der Waals surface area contributed by atoms with Gasteiger partial charge in [-0.3, -0.25) is 14.4 Å². The van der Waals surface area contributed by atoms with E-state index in [-0.39, 0.29) is 17.2 Å². The quantitative estimate of drug-likeness (QED) is 0.425. The lowest BCUT2D eigenvalue weighted by molar-refractivity contribution is -0.145. The molecule has 160 valence electrons. The lowest BCUT2D eigenvalue weighted by atomic mass is 10.1. The molecule has 8 heteroatoms. The fraction of sp³-hybridized carbons (Fsp3) is 0.217. The van der Waals surface area contributed by atoms with Crippen molar-refractivity contribution in [3.8, 4) is 0 Å². The van der Waals surface area contributed by atoms with E-state index in [9.17, 15) is 19.2 Å². The average Bonchev–Trinajstić information content (AvgIpc) is 3.38. The van der Waals surface area contributed by atoms with E-state index < -0.39 is 30.3 Å². The summed E-state index contributed by atoms with van der Waals surface area (Å²) in [5.74, 6) is -1.99. The molecule has 0 fully saturated rings. The van der Waals surface area contributed by atoms with E-state index in [1.807, 2.05) is 0 Å². The fourth-order valence-corrected chi connectivity index (χ4v) is 3.38. The standard InChI is InChI=1S/C23H22N2O6/c1-13-19(15(3)26)14(2)24-20(13)17(27)12-31-23(29)21(16-8-5-4-6-9-16)25-22(28)18-10-7-11-30-18/h4-11,21,24H,12H2,1-3H3,(H,25,28)/t21-/m0/s1. The first-order valence-corrected chi connectivity index (χ1v) is 9.58. The van der Waals surface area contributed by atoms with Crippen LogP contribution in [-0.4, -0.2) is 35.0 Å². The van der Waals surface area contributed by atoms with Crippen LogP contribution in [0.4, 0.5) is 0 Å². The molecule has 0 bridgehead atoms. The maximum absolute atomic E-state index is 12.8. The average molecular weight is 422 g/mol. The first kappa shape index (κ1) is 21.8. The summed E-state index contributed by atoms with van der Waals surface area (Å²) in [6.07, 6.45) is 1.35. The second-order valence-corrected chi connectivity index (χ2v) is 7.01. The highest BCUT2D eigenvalue weighted by Crippen LogP contribution is 2.20. The molecule has 0 aliphatic heterocycles. The monoisotopic (exact) mass is 422 g/mol. The topological polar surface area (TPSA) is 118 Å². The largest absolute Gasteiger partial charge is 0.459 e. The van der Waals surface area contributed by atoms with Crippen molar-refractivity contribution in [1.82, 2.24) is 10.3 Å². The summed E-state index contributed by atoms with van der Waals surface area (Å²) in [6.45, 7) is 4.23. The zero-order valence-corrected chi connectivity index (χ0v) is 17.4. The molecule has 31 heavy (non-hydrogen) atoms. The highest BCUT2D eigenvalue weighted by molar-refractivity contribution is 6.04. The van der Waals surface area contributed by atoms with E-state index in [1.54, 1.807) is 50.2 Å². The van der Waals surface area contributed by atoms with Gasteiger partial charge in [0, 0.05) is 11.3 Å². The van der Waals surface area contributed by atoms with Gasteiger partial charge >= 0.3 is 5.97 Å². The second-order valence-electron chi connectivity index (χ2n) is 7.01. The van der Waals surface area contributed by atoms with Crippen LogP contribution < -0.4 is 5.32 Å². The molecule has 1 amide bonds. The van der Waals surface area contributed by atoms with Gasteiger partial charge < -0.3 is 19.5 Å². The van der Waals surface area contributed by atoms with Crippen LogP contribution in [0.1, 0.15) is 61.2 Å². The molecule has 1 atom stereocenters. The van der Waals surface area contributed by atoms with Crippen molar-refractivity contribution in [3.05, 3.63) is 82.6 Å². The Kier molecular flexibility index (Phi) is 6.49. The number of esters is 1. The van der Waals surface area contributed by atoms with Crippen LogP contribution in [0.3, 0.4) is 0 Å². The first-order chi connectivity index (χ1) is 14.8. The third kappa shape index (κ3) is 4.80. The van der Waals surface area contributed by atoms with Gasteiger partial charge in [0.2, 0.25) is 5.78 Å². The molecule has 3 aromatic rings. The molecule has 0 unspecified atom stereocenters. The molecular weight excluding hydrogens is 400 g/mol. The van der Waals surface area contributed by atoms with E-state index in [2.05, 4.69) is 10.3 Å². The van der Waals surface area contributed by atoms with Gasteiger partial charge in [0.25, 0.3) is 5.91 Å². The van der Waals surface area contributed by atoms with E-state index in [0.717, 1.165) is 0 Å². The predicted octanol–water partition coefficient (Wildman–Crippen LogP) is 3.32. The number of H-pyrrole nitrogens is 1. The molecule has 3 rings (SSSR count). The summed E-state index contributed by atoms with van der Waals surface area (Å²) in [5.41, 5.74) is 2.24. The van der Waals surface area contributed by atoms with Gasteiger partial charge in [-0.2, -0.15) is 0 Å². The Balaban J connectivity index is 1.75. The minimum absolute atomic E-state index is 0.0408. The molecule has 0 aliphatic carbocycles. The van der Waals surface area contributed by atoms with Crippen molar-refractivity contribution in [2.75, 3.05) is 6.61 Å². The van der Waals surface area contributed by atoms with Crippen molar-refractivity contribution in [2.24, 2.45) is 0 Å². The maximum Gasteiger partial charge on any atom is 0.333 e. The minimum Gasteiger partial charge on any atom is -0.459 e. The third-order valence-electron chi connectivity index (χ3n) is 4.80. The van der Waals surface area contributed by atoms with E-state index in [1.165, 1.54) is 19.3 Å². The van der Waals surface area contributed by atoms with Crippen molar-refractivity contribution < 1.29 is 28.3 Å². The molecule has 0 saturated heterocycles. The van der Waals surface area contributed by atoms with Gasteiger partial charge in [-0.1, -0.05) is 30.3 Å². The highest BCUT2D eigenvalue weighted by Gasteiger charge is 2.27. The Morgan fingerprint density at radius 3 is 2.35 bits per heavy atom. The molecule has 0 radical (unpaired) electrons. The number of hydrogen-bond acceptors (Lipinski definition) is 6. The van der Waals surface area contributed by atoms with Crippen molar-refractivity contribution >= 4 is 23.4 Å². The first-order valence-electron chi connectivity index (χ1n) is 9.58. The van der Waals surface area contributed by atoms with Gasteiger partial charge in [-0.05, 0) is 44.0 Å². The zero-order valence-electron chi connectivity index (χ0n) is 17.4. The second kappa shape index (κ2) is 9.25. The van der Waals surface area contributed by atoms with Crippen LogP contribution in [0.15, 0.2) is 53.1 Å². The third-order valence-corrected chi connectivity index (χ3v) is 4.80. The number of aromatic nitrogens is 1. The molecule has 1 aromatic carbocycles. The molecule has 0 saturated carbocycles. The van der Waals surface area contributed by atoms with Gasteiger partial charge in [0.15, 0.2) is 24.2 Å². The van der Waals surface area contributed by atoms with E-state index in [0.29, 0.717) is 22.4 Å². The summed E-state index contributed by atoms with van der Waals surface area (Å²) in [5, 5.41) is 2.57. The zero-order chi connectivity index (χ0) is 22.5. The maximum atomic E-state index is 12.8. The van der Waals surface area contributed by atoms with Crippen molar-refractivity contribution in [2.45, 2.75) is 26.8 Å². The summed E-state index contributed by atoms with van der Waals surface area (Å²) < 4.78 is 10.3. The van der Waals surface area contributed by atoms with Crippen LogP contribution >= 0.6 is 0 Å². The smallest absolute Gasteiger partial charge is 0.333 e. The van der Waals surface area contributed by atoms with Crippen molar-refractivity contribution in [1.29, 1.82) is 0 Å². The van der Waals surface area contributed by atoms with Gasteiger partial charge in [0.1, 0.15) is 0 Å². The molecule has 2 heterocycles. The number of aryl methyl sites for hydroxylation is 1. The van der Waals surface area contributed by atoms with Gasteiger partial charge in [0.05, 0.1) is 12.0 Å². The molecule has 0 spiro atoms. The fourth-order valence-electron chi connectivity index (χ4n) is 3.38. The molecule has 2 aromatic heterocycles. The highest BCUT2D eigenvalue weighted by atomic mass is 16.5. The van der Waals surface area contributed by atoms with Crippen LogP contribution in [0.5, 0.6) is 0 Å². The number of rotatable bonds is 8. The van der Waals surface area contributed by atoms with Crippen LogP contribution in [0, 0.1) is 13.8 Å². The predicted molar refractivity (Wildman–Crippen MR) is 111 cm³/mol. The van der Waals surface area contributed by atoms with Gasteiger partial charge in [-0.25, -0.2) is 4.79 Å². The number of benzene rings is 1. The molecule has 8 nitrogen and oxygen atoms in total. The number of aromatic amines is 1. The number of nitrogens with one attached hydrogen (secondary N) is 2. The Morgan fingerprint density at radius 1 is 1.06 bits per heavy atom. The van der Waals surface area contributed by atoms with Crippen molar-refractivity contribution in [3.63, 3.8) is 0 Å². The molecule has 2 N–H and O–H groups in total. The van der Waals surface area contributed by atoms with E-state index in [4.69, 9.17) is 9.15 Å². The number of hydrogen-bond donors (Lipinski definition) is 2. The Labute approximate surface area is 178 Å².